The van der Waals surface area contributed by atoms with Gasteiger partial charge in [0.25, 0.3) is 0 Å². The van der Waals surface area contributed by atoms with E-state index >= 15 is 0 Å². The fourth-order valence-corrected chi connectivity index (χ4v) is 2.05. The Bertz CT molecular complexity index is 714. The van der Waals surface area contributed by atoms with Gasteiger partial charge in [0, 0.05) is 0 Å². The molecule has 1 unspecified atom stereocenters. The highest BCUT2D eigenvalue weighted by atomic mass is 32.2. The molecule has 0 radical (unpaired) electrons. The first-order valence-electron chi connectivity index (χ1n) is 6.49. The molecular formula is C10H7F15O3S. The molecule has 0 aliphatic carbocycles. The maximum atomic E-state index is 13.3. The van der Waals surface area contributed by atoms with Crippen molar-refractivity contribution in [3.8, 4) is 0 Å². The average Bonchev–Trinajstić information content (AvgIpc) is 2.51. The quantitative estimate of drug-likeness (QED) is 0.363. The van der Waals surface area contributed by atoms with Crippen molar-refractivity contribution < 1.29 is 78.8 Å². The molecule has 0 aliphatic rings. The number of rotatable bonds is 9. The van der Waals surface area contributed by atoms with Gasteiger partial charge in [-0.3, -0.25) is 4.55 Å². The van der Waals surface area contributed by atoms with E-state index in [-0.39, 0.29) is 6.92 Å². The van der Waals surface area contributed by atoms with Crippen LogP contribution in [-0.4, -0.2) is 59.9 Å². The van der Waals surface area contributed by atoms with Gasteiger partial charge in [-0.2, -0.15) is 69.9 Å². The fraction of sp³-hybridized carbons (Fsp3) is 1.00. The molecule has 176 valence electrons. The lowest BCUT2D eigenvalue weighted by Gasteiger charge is -2.42. The van der Waals surface area contributed by atoms with Crippen molar-refractivity contribution in [3.05, 3.63) is 0 Å². The monoisotopic (exact) mass is 492 g/mol. The van der Waals surface area contributed by atoms with E-state index in [1.807, 2.05) is 0 Å². The maximum absolute atomic E-state index is 13.3. The van der Waals surface area contributed by atoms with E-state index < -0.39 is 63.5 Å². The minimum absolute atomic E-state index is 0.264. The molecule has 1 N–H and O–H groups in total. The van der Waals surface area contributed by atoms with E-state index in [2.05, 4.69) is 0 Å². The molecule has 19 heteroatoms. The number of halogens is 15. The van der Waals surface area contributed by atoms with Crippen molar-refractivity contribution in [3.63, 3.8) is 0 Å². The highest BCUT2D eigenvalue weighted by Gasteiger charge is 2.94. The third-order valence-electron chi connectivity index (χ3n) is 3.44. The van der Waals surface area contributed by atoms with Gasteiger partial charge in [-0.25, -0.2) is 4.39 Å². The van der Waals surface area contributed by atoms with Crippen molar-refractivity contribution in [1.82, 2.24) is 0 Å². The summed E-state index contributed by atoms with van der Waals surface area (Å²) in [6.45, 7) is 0.264. The second-order valence-electron chi connectivity index (χ2n) is 5.36. The molecule has 0 aromatic heterocycles. The first kappa shape index (κ1) is 27.9. The Hall–Kier alpha value is -1.14. The van der Waals surface area contributed by atoms with Gasteiger partial charge in [0.05, 0.1) is 0 Å². The average molecular weight is 492 g/mol. The summed E-state index contributed by atoms with van der Waals surface area (Å²) in [7, 11) is -7.77. The van der Waals surface area contributed by atoms with Gasteiger partial charge in [0.2, 0.25) is 0 Å². The molecule has 0 rings (SSSR count). The predicted octanol–water partition coefficient (Wildman–Crippen LogP) is 5.03. The molecule has 0 aromatic rings. The Morgan fingerprint density at radius 2 is 0.931 bits per heavy atom. The van der Waals surface area contributed by atoms with Gasteiger partial charge in [0.1, 0.15) is 0 Å². The van der Waals surface area contributed by atoms with Crippen LogP contribution in [0.3, 0.4) is 0 Å². The molecule has 0 saturated carbocycles. The number of alkyl halides is 15. The summed E-state index contributed by atoms with van der Waals surface area (Å²) >= 11 is 0. The highest BCUT2D eigenvalue weighted by Crippen LogP contribution is 2.63. The van der Waals surface area contributed by atoms with Crippen molar-refractivity contribution in [2.45, 2.75) is 60.3 Å². The van der Waals surface area contributed by atoms with Crippen molar-refractivity contribution in [2.24, 2.45) is 0 Å². The van der Waals surface area contributed by atoms with Crippen LogP contribution in [0.15, 0.2) is 0 Å². The lowest BCUT2D eigenvalue weighted by Crippen LogP contribution is -2.74. The topological polar surface area (TPSA) is 54.4 Å². The lowest BCUT2D eigenvalue weighted by atomic mass is 9.89. The summed E-state index contributed by atoms with van der Waals surface area (Å²) < 4.78 is 224. The third kappa shape index (κ3) is 3.40. The zero-order valence-corrected chi connectivity index (χ0v) is 13.9. The molecule has 0 bridgehead atoms. The van der Waals surface area contributed by atoms with Crippen LogP contribution in [0.2, 0.25) is 0 Å². The minimum Gasteiger partial charge on any atom is -0.281 e. The van der Waals surface area contributed by atoms with E-state index in [1.165, 1.54) is 0 Å². The van der Waals surface area contributed by atoms with Crippen LogP contribution < -0.4 is 0 Å². The molecule has 0 aromatic carbocycles. The third-order valence-corrected chi connectivity index (χ3v) is 4.34. The second kappa shape index (κ2) is 6.94. The van der Waals surface area contributed by atoms with Crippen molar-refractivity contribution in [1.29, 1.82) is 0 Å². The zero-order chi connectivity index (χ0) is 24.3. The molecule has 0 spiro atoms. The van der Waals surface area contributed by atoms with E-state index in [0.29, 0.717) is 0 Å². The molecule has 0 heterocycles. The van der Waals surface area contributed by atoms with Crippen LogP contribution in [0.4, 0.5) is 65.9 Å². The standard InChI is InChI=1S/C10H7F15O3S/c1-2-3(11)4(12,13)5(14,15)6(16,17)7(18,19)8(20,21)9(22,23)10(24,25)29(26,27)28/h3H,2H2,1H3,(H,26,27,28). The Morgan fingerprint density at radius 3 is 1.21 bits per heavy atom. The predicted molar refractivity (Wildman–Crippen MR) is 61.4 cm³/mol. The minimum atomic E-state index is -8.54. The van der Waals surface area contributed by atoms with Crippen LogP contribution in [0.1, 0.15) is 13.3 Å². The Labute approximate surface area is 150 Å². The maximum Gasteiger partial charge on any atom is 0.438 e. The summed E-state index contributed by atoms with van der Waals surface area (Å²) in [6, 6.07) is 0. The Kier molecular flexibility index (Phi) is 6.67. The Morgan fingerprint density at radius 1 is 0.655 bits per heavy atom. The first-order valence-corrected chi connectivity index (χ1v) is 7.93. The van der Waals surface area contributed by atoms with Crippen molar-refractivity contribution >= 4 is 10.1 Å². The van der Waals surface area contributed by atoms with Gasteiger partial charge >= 0.3 is 50.9 Å². The normalized spacial score (nSPS) is 17.4. The number of hydrogen-bond acceptors (Lipinski definition) is 2. The van der Waals surface area contributed by atoms with Crippen LogP contribution in [0, 0.1) is 0 Å². The first-order chi connectivity index (χ1) is 12.2. The second-order valence-corrected chi connectivity index (χ2v) is 6.83. The van der Waals surface area contributed by atoms with E-state index in [4.69, 9.17) is 4.55 Å². The Balaban J connectivity index is 6.81. The van der Waals surface area contributed by atoms with Crippen LogP contribution in [0.25, 0.3) is 0 Å². The van der Waals surface area contributed by atoms with E-state index in [9.17, 15) is 74.3 Å². The molecule has 29 heavy (non-hydrogen) atoms. The van der Waals surface area contributed by atoms with Gasteiger partial charge in [-0.05, 0) is 6.42 Å². The summed E-state index contributed by atoms with van der Waals surface area (Å²) in [4.78, 5) is 0. The molecular weight excluding hydrogens is 485 g/mol. The molecule has 0 aliphatic heterocycles. The summed E-state index contributed by atoms with van der Waals surface area (Å²) in [5.74, 6) is -48.5. The highest BCUT2D eigenvalue weighted by molar-refractivity contribution is 7.87. The summed E-state index contributed by atoms with van der Waals surface area (Å²) in [5.41, 5.74) is 0. The SMILES string of the molecule is CCC(F)C(F)(F)C(F)(F)C(F)(F)C(F)(F)C(F)(F)C(F)(F)C(F)(F)S(=O)(=O)O. The van der Waals surface area contributed by atoms with Crippen LogP contribution >= 0.6 is 0 Å². The zero-order valence-electron chi connectivity index (χ0n) is 13.1. The van der Waals surface area contributed by atoms with Gasteiger partial charge in [-0.15, -0.1) is 0 Å². The summed E-state index contributed by atoms with van der Waals surface area (Å²) in [5, 5.41) is -7.69. The van der Waals surface area contributed by atoms with Gasteiger partial charge in [-0.1, -0.05) is 6.92 Å². The smallest absolute Gasteiger partial charge is 0.281 e. The molecule has 0 fully saturated rings. The largest absolute Gasteiger partial charge is 0.438 e. The van der Waals surface area contributed by atoms with Crippen LogP contribution in [-0.2, 0) is 10.1 Å². The van der Waals surface area contributed by atoms with Gasteiger partial charge in [0.15, 0.2) is 6.17 Å². The van der Waals surface area contributed by atoms with Crippen molar-refractivity contribution in [2.75, 3.05) is 0 Å². The molecule has 3 nitrogen and oxygen atoms in total. The van der Waals surface area contributed by atoms with E-state index in [0.717, 1.165) is 0 Å². The molecule has 0 amide bonds. The lowest BCUT2D eigenvalue weighted by molar-refractivity contribution is -0.438. The summed E-state index contributed by atoms with van der Waals surface area (Å²) in [6.07, 6.45) is -6.23. The van der Waals surface area contributed by atoms with Crippen LogP contribution in [0.5, 0.6) is 0 Å². The number of hydrogen-bond donors (Lipinski definition) is 1. The van der Waals surface area contributed by atoms with Gasteiger partial charge < -0.3 is 0 Å². The molecule has 0 saturated heterocycles. The fourth-order valence-electron chi connectivity index (χ4n) is 1.60. The molecule has 1 atom stereocenters. The van der Waals surface area contributed by atoms with E-state index in [1.54, 1.807) is 0 Å².